The molecule has 0 bridgehead atoms. The van der Waals surface area contributed by atoms with Crippen LogP contribution in [0.25, 0.3) is 0 Å². The summed E-state index contributed by atoms with van der Waals surface area (Å²) in [6.07, 6.45) is 4.64. The SMILES string of the molecule is O=C(NC(CCO)C(=O)O)NC(C1CC1)C1CC1. The van der Waals surface area contributed by atoms with Gasteiger partial charge in [0.1, 0.15) is 6.04 Å². The number of carboxylic acid groups (broad SMARTS) is 1. The average Bonchev–Trinajstić information content (AvgIpc) is 3.16. The molecule has 2 aliphatic rings. The van der Waals surface area contributed by atoms with Gasteiger partial charge in [0.05, 0.1) is 0 Å². The molecule has 0 heterocycles. The molecule has 0 aromatic rings. The molecule has 4 N–H and O–H groups in total. The second-order valence-corrected chi connectivity index (χ2v) is 5.22. The maximum atomic E-state index is 11.7. The van der Waals surface area contributed by atoms with E-state index in [0.717, 1.165) is 25.7 Å². The molecule has 1 atom stereocenters. The Morgan fingerprint density at radius 2 is 1.67 bits per heavy atom. The van der Waals surface area contributed by atoms with E-state index in [9.17, 15) is 9.59 Å². The fraction of sp³-hybridized carbons (Fsp3) is 0.833. The van der Waals surface area contributed by atoms with Gasteiger partial charge in [-0.3, -0.25) is 0 Å². The number of nitrogens with one attached hydrogen (secondary N) is 2. The number of rotatable bonds is 7. The first-order valence-corrected chi connectivity index (χ1v) is 6.52. The van der Waals surface area contributed by atoms with Crippen LogP contribution in [0, 0.1) is 11.8 Å². The van der Waals surface area contributed by atoms with Gasteiger partial charge in [-0.15, -0.1) is 0 Å². The van der Waals surface area contributed by atoms with Crippen molar-refractivity contribution in [2.45, 2.75) is 44.2 Å². The van der Waals surface area contributed by atoms with E-state index >= 15 is 0 Å². The van der Waals surface area contributed by atoms with E-state index in [4.69, 9.17) is 10.2 Å². The Balaban J connectivity index is 1.80. The van der Waals surface area contributed by atoms with E-state index in [0.29, 0.717) is 11.8 Å². The number of aliphatic hydroxyl groups excluding tert-OH is 1. The number of hydrogen-bond donors (Lipinski definition) is 4. The van der Waals surface area contributed by atoms with E-state index in [1.165, 1.54) is 0 Å². The van der Waals surface area contributed by atoms with Gasteiger partial charge in [0.2, 0.25) is 0 Å². The minimum absolute atomic E-state index is 0.0281. The number of urea groups is 1. The van der Waals surface area contributed by atoms with Crippen molar-refractivity contribution in [3.05, 3.63) is 0 Å². The van der Waals surface area contributed by atoms with Crippen LogP contribution in [0.5, 0.6) is 0 Å². The van der Waals surface area contributed by atoms with Gasteiger partial charge >= 0.3 is 12.0 Å². The normalized spacial score (nSPS) is 20.6. The van der Waals surface area contributed by atoms with Crippen molar-refractivity contribution >= 4 is 12.0 Å². The summed E-state index contributed by atoms with van der Waals surface area (Å²) in [5, 5.41) is 22.9. The second kappa shape index (κ2) is 5.56. The minimum atomic E-state index is -1.12. The first-order chi connectivity index (χ1) is 8.61. The Bertz CT molecular complexity index is 314. The van der Waals surface area contributed by atoms with Gasteiger partial charge < -0.3 is 20.8 Å². The first-order valence-electron chi connectivity index (χ1n) is 6.52. The number of carbonyl (C=O) groups is 2. The van der Waals surface area contributed by atoms with Crippen LogP contribution in [-0.4, -0.2) is 40.9 Å². The Morgan fingerprint density at radius 3 is 2.06 bits per heavy atom. The number of aliphatic carboxylic acids is 1. The summed E-state index contributed by atoms with van der Waals surface area (Å²) < 4.78 is 0. The van der Waals surface area contributed by atoms with E-state index in [1.807, 2.05) is 0 Å². The lowest BCUT2D eigenvalue weighted by Crippen LogP contribution is -2.50. The summed E-state index contributed by atoms with van der Waals surface area (Å²) in [4.78, 5) is 22.6. The molecule has 0 radical (unpaired) electrons. The summed E-state index contributed by atoms with van der Waals surface area (Å²) in [6, 6.07) is -1.25. The van der Waals surface area contributed by atoms with E-state index < -0.39 is 18.0 Å². The number of carboxylic acids is 1. The highest BCUT2D eigenvalue weighted by Crippen LogP contribution is 2.44. The second-order valence-electron chi connectivity index (χ2n) is 5.22. The van der Waals surface area contributed by atoms with Crippen molar-refractivity contribution in [3.63, 3.8) is 0 Å². The van der Waals surface area contributed by atoms with Gasteiger partial charge in [-0.25, -0.2) is 9.59 Å². The first kappa shape index (κ1) is 13.1. The monoisotopic (exact) mass is 256 g/mol. The highest BCUT2D eigenvalue weighted by Gasteiger charge is 2.42. The Morgan fingerprint density at radius 1 is 1.11 bits per heavy atom. The van der Waals surface area contributed by atoms with E-state index in [1.54, 1.807) is 0 Å². The molecule has 6 heteroatoms. The third kappa shape index (κ3) is 3.60. The van der Waals surface area contributed by atoms with E-state index in [-0.39, 0.29) is 19.1 Å². The fourth-order valence-corrected chi connectivity index (χ4v) is 2.27. The molecule has 102 valence electrons. The quantitative estimate of drug-likeness (QED) is 0.527. The molecule has 0 aromatic heterocycles. The van der Waals surface area contributed by atoms with Crippen molar-refractivity contribution in [1.29, 1.82) is 0 Å². The Kier molecular flexibility index (Phi) is 4.06. The molecule has 6 nitrogen and oxygen atoms in total. The van der Waals surface area contributed by atoms with Crippen LogP contribution >= 0.6 is 0 Å². The van der Waals surface area contributed by atoms with Crippen LogP contribution in [0.2, 0.25) is 0 Å². The number of carbonyl (C=O) groups excluding carboxylic acids is 1. The predicted octanol–water partition coefficient (Wildman–Crippen LogP) is 0.310. The lowest BCUT2D eigenvalue weighted by molar-refractivity contribution is -0.139. The molecule has 2 aliphatic carbocycles. The lowest BCUT2D eigenvalue weighted by Gasteiger charge is -2.20. The minimum Gasteiger partial charge on any atom is -0.480 e. The van der Waals surface area contributed by atoms with Crippen LogP contribution in [0.1, 0.15) is 32.1 Å². The van der Waals surface area contributed by atoms with Gasteiger partial charge in [-0.2, -0.15) is 0 Å². The zero-order valence-corrected chi connectivity index (χ0v) is 10.3. The van der Waals surface area contributed by atoms with Gasteiger partial charge in [0.25, 0.3) is 0 Å². The summed E-state index contributed by atoms with van der Waals surface area (Å²) in [5.41, 5.74) is 0. The molecule has 2 amide bonds. The summed E-state index contributed by atoms with van der Waals surface area (Å²) in [5.74, 6) is 0.0299. The molecule has 2 fully saturated rings. The van der Waals surface area contributed by atoms with Crippen molar-refractivity contribution in [2.75, 3.05) is 6.61 Å². The Hall–Kier alpha value is -1.30. The lowest BCUT2D eigenvalue weighted by atomic mass is 10.1. The zero-order valence-electron chi connectivity index (χ0n) is 10.3. The van der Waals surface area contributed by atoms with Crippen LogP contribution in [-0.2, 0) is 4.79 Å². The molecule has 0 saturated heterocycles. The molecular weight excluding hydrogens is 236 g/mol. The van der Waals surface area contributed by atoms with E-state index in [2.05, 4.69) is 10.6 Å². The smallest absolute Gasteiger partial charge is 0.326 e. The molecule has 0 spiro atoms. The zero-order chi connectivity index (χ0) is 13.1. The number of amides is 2. The van der Waals surface area contributed by atoms with Crippen molar-refractivity contribution in [2.24, 2.45) is 11.8 Å². The fourth-order valence-electron chi connectivity index (χ4n) is 2.27. The maximum Gasteiger partial charge on any atom is 0.326 e. The molecule has 18 heavy (non-hydrogen) atoms. The summed E-state index contributed by atoms with van der Waals surface area (Å²) >= 11 is 0. The van der Waals surface area contributed by atoms with Crippen molar-refractivity contribution in [1.82, 2.24) is 10.6 Å². The summed E-state index contributed by atoms with van der Waals surface area (Å²) in [6.45, 7) is -0.258. The highest BCUT2D eigenvalue weighted by atomic mass is 16.4. The molecule has 1 unspecified atom stereocenters. The summed E-state index contributed by atoms with van der Waals surface area (Å²) in [7, 11) is 0. The molecular formula is C12H20N2O4. The molecule has 0 aliphatic heterocycles. The van der Waals surface area contributed by atoms with Gasteiger partial charge in [0, 0.05) is 19.1 Å². The number of aliphatic hydroxyl groups is 1. The van der Waals surface area contributed by atoms with Crippen LogP contribution in [0.3, 0.4) is 0 Å². The highest BCUT2D eigenvalue weighted by molar-refractivity contribution is 5.82. The molecule has 2 rings (SSSR count). The Labute approximate surface area is 106 Å². The third-order valence-electron chi connectivity index (χ3n) is 3.58. The topological polar surface area (TPSA) is 98.7 Å². The van der Waals surface area contributed by atoms with Crippen molar-refractivity contribution < 1.29 is 19.8 Å². The van der Waals surface area contributed by atoms with Crippen molar-refractivity contribution in [3.8, 4) is 0 Å². The third-order valence-corrected chi connectivity index (χ3v) is 3.58. The average molecular weight is 256 g/mol. The largest absolute Gasteiger partial charge is 0.480 e. The standard InChI is InChI=1S/C12H20N2O4/c15-6-5-9(11(16)17)13-12(18)14-10(7-1-2-7)8-3-4-8/h7-10,15H,1-6H2,(H,16,17)(H2,13,14,18). The maximum absolute atomic E-state index is 11.7. The molecule has 2 saturated carbocycles. The molecule has 0 aromatic carbocycles. The van der Waals surface area contributed by atoms with Gasteiger partial charge in [-0.1, -0.05) is 0 Å². The predicted molar refractivity (Wildman–Crippen MR) is 64.0 cm³/mol. The van der Waals surface area contributed by atoms with Gasteiger partial charge in [0.15, 0.2) is 0 Å². The van der Waals surface area contributed by atoms with Crippen LogP contribution in [0.4, 0.5) is 4.79 Å². The van der Waals surface area contributed by atoms with Crippen LogP contribution in [0.15, 0.2) is 0 Å². The van der Waals surface area contributed by atoms with Gasteiger partial charge in [-0.05, 0) is 37.5 Å². The number of hydrogen-bond acceptors (Lipinski definition) is 3. The van der Waals surface area contributed by atoms with Crippen LogP contribution < -0.4 is 10.6 Å².